The number of rotatable bonds is 11. The fourth-order valence-corrected chi connectivity index (χ4v) is 4.92. The SMILES string of the molecule is NCCCCCCNC(=O)CC1Cc2ccccc2CN1C(=O)Cc1ccc(-c2ccccc2)cc1. The van der Waals surface area contributed by atoms with E-state index in [1.807, 2.05) is 47.4 Å². The average molecular weight is 484 g/mol. The van der Waals surface area contributed by atoms with Gasteiger partial charge in [-0.25, -0.2) is 0 Å². The third-order valence-corrected chi connectivity index (χ3v) is 6.97. The van der Waals surface area contributed by atoms with Crippen LogP contribution in [0.15, 0.2) is 78.9 Å². The Balaban J connectivity index is 1.39. The van der Waals surface area contributed by atoms with Gasteiger partial charge < -0.3 is 16.0 Å². The predicted molar refractivity (Wildman–Crippen MR) is 145 cm³/mol. The Morgan fingerprint density at radius 3 is 2.22 bits per heavy atom. The van der Waals surface area contributed by atoms with Gasteiger partial charge in [0.15, 0.2) is 0 Å². The molecular formula is C31H37N3O2. The standard InChI is InChI=1S/C31H37N3O2/c32-18-8-1-2-9-19-33-30(35)22-29-21-27-12-6-7-13-28(27)23-34(29)31(36)20-24-14-16-26(17-15-24)25-10-4-3-5-11-25/h3-7,10-17,29H,1-2,8-9,18-23,32H2,(H,33,35). The van der Waals surface area contributed by atoms with Gasteiger partial charge in [0.2, 0.25) is 11.8 Å². The zero-order valence-corrected chi connectivity index (χ0v) is 21.0. The lowest BCUT2D eigenvalue weighted by atomic mass is 9.91. The topological polar surface area (TPSA) is 75.4 Å². The van der Waals surface area contributed by atoms with Gasteiger partial charge in [-0.1, -0.05) is 91.7 Å². The highest BCUT2D eigenvalue weighted by atomic mass is 16.2. The average Bonchev–Trinajstić information content (AvgIpc) is 2.91. The molecule has 5 heteroatoms. The Bertz CT molecular complexity index is 1130. The van der Waals surface area contributed by atoms with Gasteiger partial charge in [0.25, 0.3) is 0 Å². The molecule has 1 atom stereocenters. The Kier molecular flexibility index (Phi) is 9.28. The number of carbonyl (C=O) groups excluding carboxylic acids is 2. The molecule has 1 aliphatic heterocycles. The second-order valence-corrected chi connectivity index (χ2v) is 9.64. The van der Waals surface area contributed by atoms with Crippen LogP contribution in [-0.4, -0.2) is 35.8 Å². The van der Waals surface area contributed by atoms with Crippen molar-refractivity contribution in [2.75, 3.05) is 13.1 Å². The molecule has 0 aromatic heterocycles. The molecule has 0 spiro atoms. The lowest BCUT2D eigenvalue weighted by Gasteiger charge is -2.37. The number of carbonyl (C=O) groups is 2. The molecule has 0 aliphatic carbocycles. The van der Waals surface area contributed by atoms with E-state index >= 15 is 0 Å². The van der Waals surface area contributed by atoms with Crippen LogP contribution in [0.5, 0.6) is 0 Å². The van der Waals surface area contributed by atoms with Crippen LogP contribution in [0.25, 0.3) is 11.1 Å². The maximum Gasteiger partial charge on any atom is 0.227 e. The monoisotopic (exact) mass is 483 g/mol. The maximum absolute atomic E-state index is 13.5. The fourth-order valence-electron chi connectivity index (χ4n) is 4.92. The van der Waals surface area contributed by atoms with Crippen LogP contribution in [0.3, 0.4) is 0 Å². The highest BCUT2D eigenvalue weighted by molar-refractivity contribution is 5.82. The van der Waals surface area contributed by atoms with Crippen molar-refractivity contribution in [1.82, 2.24) is 10.2 Å². The predicted octanol–water partition coefficient (Wildman–Crippen LogP) is 4.88. The number of hydrogen-bond donors (Lipinski definition) is 2. The summed E-state index contributed by atoms with van der Waals surface area (Å²) in [6, 6.07) is 26.6. The van der Waals surface area contributed by atoms with Gasteiger partial charge >= 0.3 is 0 Å². The van der Waals surface area contributed by atoms with Crippen molar-refractivity contribution in [2.45, 2.75) is 57.5 Å². The van der Waals surface area contributed by atoms with E-state index in [9.17, 15) is 9.59 Å². The Labute approximate surface area is 214 Å². The van der Waals surface area contributed by atoms with E-state index in [1.54, 1.807) is 0 Å². The molecule has 3 aromatic carbocycles. The first-order valence-corrected chi connectivity index (χ1v) is 13.1. The zero-order valence-electron chi connectivity index (χ0n) is 21.0. The first kappa shape index (κ1) is 25.6. The van der Waals surface area contributed by atoms with E-state index in [0.29, 0.717) is 32.4 Å². The van der Waals surface area contributed by atoms with Gasteiger partial charge in [0.1, 0.15) is 0 Å². The third kappa shape index (κ3) is 7.05. The summed E-state index contributed by atoms with van der Waals surface area (Å²) in [6.07, 6.45) is 5.52. The van der Waals surface area contributed by atoms with Crippen LogP contribution >= 0.6 is 0 Å². The number of fused-ring (bicyclic) bond motifs is 1. The summed E-state index contributed by atoms with van der Waals surface area (Å²) in [5.74, 6) is 0.0831. The summed E-state index contributed by atoms with van der Waals surface area (Å²) in [6.45, 7) is 1.94. The van der Waals surface area contributed by atoms with Crippen molar-refractivity contribution >= 4 is 11.8 Å². The Morgan fingerprint density at radius 2 is 1.47 bits per heavy atom. The summed E-state index contributed by atoms with van der Waals surface area (Å²) in [5, 5.41) is 3.05. The number of amides is 2. The van der Waals surface area contributed by atoms with E-state index < -0.39 is 0 Å². The molecule has 0 radical (unpaired) electrons. The first-order valence-electron chi connectivity index (χ1n) is 13.1. The number of nitrogens with one attached hydrogen (secondary N) is 1. The normalized spacial score (nSPS) is 14.8. The van der Waals surface area contributed by atoms with Gasteiger partial charge in [-0.2, -0.15) is 0 Å². The van der Waals surface area contributed by atoms with E-state index in [1.165, 1.54) is 11.1 Å². The molecule has 5 nitrogen and oxygen atoms in total. The fraction of sp³-hybridized carbons (Fsp3) is 0.355. The molecule has 0 fully saturated rings. The molecule has 3 N–H and O–H groups in total. The summed E-state index contributed by atoms with van der Waals surface area (Å²) in [5.41, 5.74) is 11.2. The van der Waals surface area contributed by atoms with Crippen molar-refractivity contribution in [1.29, 1.82) is 0 Å². The smallest absolute Gasteiger partial charge is 0.227 e. The molecule has 0 saturated heterocycles. The van der Waals surface area contributed by atoms with Gasteiger partial charge in [-0.15, -0.1) is 0 Å². The minimum atomic E-state index is -0.131. The molecule has 4 rings (SSSR count). The van der Waals surface area contributed by atoms with Crippen LogP contribution in [0.4, 0.5) is 0 Å². The van der Waals surface area contributed by atoms with Crippen molar-refractivity contribution in [3.8, 4) is 11.1 Å². The van der Waals surface area contributed by atoms with Gasteiger partial charge in [0.05, 0.1) is 6.42 Å². The molecular weight excluding hydrogens is 446 g/mol. The van der Waals surface area contributed by atoms with Crippen molar-refractivity contribution in [3.05, 3.63) is 95.6 Å². The highest BCUT2D eigenvalue weighted by Crippen LogP contribution is 2.26. The molecule has 3 aromatic rings. The van der Waals surface area contributed by atoms with Crippen LogP contribution in [0, 0.1) is 0 Å². The van der Waals surface area contributed by atoms with E-state index in [0.717, 1.165) is 48.9 Å². The van der Waals surface area contributed by atoms with E-state index in [4.69, 9.17) is 5.73 Å². The largest absolute Gasteiger partial charge is 0.356 e. The van der Waals surface area contributed by atoms with Gasteiger partial charge in [-0.3, -0.25) is 9.59 Å². The molecule has 36 heavy (non-hydrogen) atoms. The minimum absolute atomic E-state index is 0.0169. The quantitative estimate of drug-likeness (QED) is 0.382. The second kappa shape index (κ2) is 13.0. The van der Waals surface area contributed by atoms with Crippen molar-refractivity contribution in [2.24, 2.45) is 5.73 Å². The molecule has 0 bridgehead atoms. The summed E-state index contributed by atoms with van der Waals surface area (Å²) >= 11 is 0. The molecule has 1 heterocycles. The van der Waals surface area contributed by atoms with Crippen LogP contribution in [0.2, 0.25) is 0 Å². The van der Waals surface area contributed by atoms with Crippen LogP contribution in [0.1, 0.15) is 48.8 Å². The van der Waals surface area contributed by atoms with Crippen molar-refractivity contribution in [3.63, 3.8) is 0 Å². The second-order valence-electron chi connectivity index (χ2n) is 9.64. The Morgan fingerprint density at radius 1 is 0.806 bits per heavy atom. The van der Waals surface area contributed by atoms with E-state index in [-0.39, 0.29) is 17.9 Å². The van der Waals surface area contributed by atoms with Crippen LogP contribution < -0.4 is 11.1 Å². The minimum Gasteiger partial charge on any atom is -0.356 e. The molecule has 188 valence electrons. The van der Waals surface area contributed by atoms with Crippen molar-refractivity contribution < 1.29 is 9.59 Å². The molecule has 2 amide bonds. The van der Waals surface area contributed by atoms with Crippen LogP contribution in [-0.2, 0) is 29.0 Å². The lowest BCUT2D eigenvalue weighted by molar-refractivity contribution is -0.135. The summed E-state index contributed by atoms with van der Waals surface area (Å²) in [7, 11) is 0. The molecule has 1 unspecified atom stereocenters. The Hall–Kier alpha value is -3.44. The number of unbranched alkanes of at least 4 members (excludes halogenated alkanes) is 3. The number of nitrogens with two attached hydrogens (primary N) is 1. The zero-order chi connectivity index (χ0) is 25.2. The summed E-state index contributed by atoms with van der Waals surface area (Å²) < 4.78 is 0. The van der Waals surface area contributed by atoms with E-state index in [2.05, 4.69) is 41.7 Å². The third-order valence-electron chi connectivity index (χ3n) is 6.97. The van der Waals surface area contributed by atoms with Gasteiger partial charge in [0, 0.05) is 25.6 Å². The first-order chi connectivity index (χ1) is 17.6. The number of nitrogens with zero attached hydrogens (tertiary/aromatic N) is 1. The number of hydrogen-bond acceptors (Lipinski definition) is 3. The maximum atomic E-state index is 13.5. The molecule has 1 aliphatic rings. The van der Waals surface area contributed by atoms with Gasteiger partial charge in [-0.05, 0) is 53.6 Å². The highest BCUT2D eigenvalue weighted by Gasteiger charge is 2.31. The summed E-state index contributed by atoms with van der Waals surface area (Å²) in [4.78, 5) is 28.1. The lowest BCUT2D eigenvalue weighted by Crippen LogP contribution is -2.47. The number of benzene rings is 3. The molecule has 0 saturated carbocycles.